The number of fused-ring (bicyclic) bond motifs is 1. The van der Waals surface area contributed by atoms with Gasteiger partial charge in [-0.3, -0.25) is 14.9 Å². The Hall–Kier alpha value is -4.78. The van der Waals surface area contributed by atoms with Crippen molar-refractivity contribution in [2.45, 2.75) is 4.90 Å². The van der Waals surface area contributed by atoms with Crippen LogP contribution < -0.4 is 14.8 Å². The molecule has 1 amide bonds. The van der Waals surface area contributed by atoms with Crippen LogP contribution in [-0.2, 0) is 10.0 Å². The fraction of sp³-hybridized carbons (Fsp3) is 0.0455. The van der Waals surface area contributed by atoms with Crippen LogP contribution in [0.1, 0.15) is 10.5 Å². The van der Waals surface area contributed by atoms with Crippen LogP contribution in [0.2, 0.25) is 0 Å². The van der Waals surface area contributed by atoms with E-state index in [0.29, 0.717) is 22.5 Å². The molecular weight excluding hydrogens is 478 g/mol. The summed E-state index contributed by atoms with van der Waals surface area (Å²) in [4.78, 5) is 36.5. The third-order valence-corrected chi connectivity index (χ3v) is 6.36. The summed E-state index contributed by atoms with van der Waals surface area (Å²) in [6.07, 6.45) is 0. The minimum absolute atomic E-state index is 0.0109. The zero-order valence-corrected chi connectivity index (χ0v) is 18.8. The van der Waals surface area contributed by atoms with Crippen molar-refractivity contribution in [1.29, 1.82) is 0 Å². The summed E-state index contributed by atoms with van der Waals surface area (Å²) in [5, 5.41) is 17.5. The summed E-state index contributed by atoms with van der Waals surface area (Å²) in [6.45, 7) is 0. The van der Waals surface area contributed by atoms with Crippen molar-refractivity contribution in [1.82, 2.24) is 9.71 Å². The number of hydrogen-bond donors (Lipinski definition) is 3. The molecule has 0 aliphatic rings. The Balaban J connectivity index is 1.68. The number of methoxy groups -OCH3 is 1. The average molecular weight is 495 g/mol. The van der Waals surface area contributed by atoms with Crippen molar-refractivity contribution in [3.8, 4) is 5.75 Å². The highest BCUT2D eigenvalue weighted by molar-refractivity contribution is 7.90. The van der Waals surface area contributed by atoms with Crippen LogP contribution in [0.3, 0.4) is 0 Å². The summed E-state index contributed by atoms with van der Waals surface area (Å²) in [7, 11) is -2.89. The SMILES string of the molecule is COc1cccc(Nc2ccc(N=O)c3[nH]c(C(=O)NS(=O)(=O)c4cccc([N+](=O)[O-])c4)cc23)c1. The molecule has 4 rings (SSSR count). The number of aromatic nitrogens is 1. The highest BCUT2D eigenvalue weighted by Gasteiger charge is 2.23. The van der Waals surface area contributed by atoms with Gasteiger partial charge in [-0.25, -0.2) is 13.1 Å². The van der Waals surface area contributed by atoms with E-state index in [2.05, 4.69) is 15.5 Å². The van der Waals surface area contributed by atoms with E-state index < -0.39 is 31.4 Å². The molecule has 0 saturated carbocycles. The number of carbonyl (C=O) groups excluding carboxylic acids is 1. The summed E-state index contributed by atoms with van der Waals surface area (Å²) < 4.78 is 32.4. The molecule has 1 heterocycles. The number of sulfonamides is 1. The lowest BCUT2D eigenvalue weighted by Crippen LogP contribution is -2.30. The first-order valence-electron chi connectivity index (χ1n) is 9.93. The van der Waals surface area contributed by atoms with Crippen molar-refractivity contribution < 1.29 is 22.9 Å². The molecule has 0 bridgehead atoms. The minimum Gasteiger partial charge on any atom is -0.497 e. The number of anilines is 2. The number of carbonyl (C=O) groups is 1. The van der Waals surface area contributed by atoms with Crippen LogP contribution in [0.25, 0.3) is 10.9 Å². The number of ether oxygens (including phenoxy) is 1. The maximum Gasteiger partial charge on any atom is 0.281 e. The summed E-state index contributed by atoms with van der Waals surface area (Å²) >= 11 is 0. The maximum absolute atomic E-state index is 12.8. The van der Waals surface area contributed by atoms with Crippen LogP contribution in [0.15, 0.2) is 76.8 Å². The van der Waals surface area contributed by atoms with Crippen molar-refractivity contribution >= 4 is 49.6 Å². The van der Waals surface area contributed by atoms with E-state index in [1.807, 2.05) is 4.72 Å². The fourth-order valence-electron chi connectivity index (χ4n) is 3.37. The van der Waals surface area contributed by atoms with Gasteiger partial charge in [-0.05, 0) is 41.6 Å². The predicted octanol–water partition coefficient (Wildman–Crippen LogP) is 4.34. The minimum atomic E-state index is -4.42. The molecule has 0 saturated heterocycles. The van der Waals surface area contributed by atoms with Crippen LogP contribution in [0.5, 0.6) is 5.75 Å². The summed E-state index contributed by atoms with van der Waals surface area (Å²) in [5.41, 5.74) is 0.790. The molecule has 178 valence electrons. The number of H-pyrrole nitrogens is 1. The molecule has 13 heteroatoms. The second-order valence-electron chi connectivity index (χ2n) is 7.24. The predicted molar refractivity (Wildman–Crippen MR) is 128 cm³/mol. The number of non-ortho nitro benzene ring substituents is 1. The van der Waals surface area contributed by atoms with Crippen LogP contribution >= 0.6 is 0 Å². The van der Waals surface area contributed by atoms with E-state index in [-0.39, 0.29) is 16.9 Å². The van der Waals surface area contributed by atoms with E-state index in [1.54, 1.807) is 30.3 Å². The van der Waals surface area contributed by atoms with Gasteiger partial charge in [-0.1, -0.05) is 12.1 Å². The fourth-order valence-corrected chi connectivity index (χ4v) is 4.37. The van der Waals surface area contributed by atoms with Gasteiger partial charge in [-0.2, -0.15) is 0 Å². The number of aromatic amines is 1. The Kier molecular flexibility index (Phi) is 6.16. The molecule has 0 aliphatic carbocycles. The second-order valence-corrected chi connectivity index (χ2v) is 8.92. The molecule has 3 N–H and O–H groups in total. The molecule has 0 fully saturated rings. The summed E-state index contributed by atoms with van der Waals surface area (Å²) in [5.74, 6) is -0.421. The lowest BCUT2D eigenvalue weighted by Gasteiger charge is -2.09. The highest BCUT2D eigenvalue weighted by Crippen LogP contribution is 2.34. The smallest absolute Gasteiger partial charge is 0.281 e. The van der Waals surface area contributed by atoms with E-state index in [0.717, 1.165) is 18.2 Å². The van der Waals surface area contributed by atoms with Crippen LogP contribution in [0, 0.1) is 15.0 Å². The molecule has 35 heavy (non-hydrogen) atoms. The van der Waals surface area contributed by atoms with Gasteiger partial charge in [0.2, 0.25) is 0 Å². The van der Waals surface area contributed by atoms with Crippen molar-refractivity contribution in [2.75, 3.05) is 12.4 Å². The molecular formula is C22H17N5O7S. The Morgan fingerprint density at radius 3 is 2.57 bits per heavy atom. The normalized spacial score (nSPS) is 11.1. The van der Waals surface area contributed by atoms with Gasteiger partial charge in [0.05, 0.1) is 22.4 Å². The van der Waals surface area contributed by atoms with Crippen molar-refractivity contribution in [2.24, 2.45) is 5.18 Å². The van der Waals surface area contributed by atoms with Crippen molar-refractivity contribution in [3.63, 3.8) is 0 Å². The lowest BCUT2D eigenvalue weighted by molar-refractivity contribution is -0.385. The van der Waals surface area contributed by atoms with E-state index >= 15 is 0 Å². The van der Waals surface area contributed by atoms with Crippen LogP contribution in [0.4, 0.5) is 22.7 Å². The first-order valence-corrected chi connectivity index (χ1v) is 11.4. The molecule has 0 radical (unpaired) electrons. The topological polar surface area (TPSA) is 173 Å². The quantitative estimate of drug-likeness (QED) is 0.184. The number of nitrogens with one attached hydrogen (secondary N) is 3. The Labute approximate surface area is 198 Å². The first-order chi connectivity index (χ1) is 16.7. The standard InChI is InChI=1S/C22H17N5O7S/c1-34-15-6-2-4-13(10-15)23-18-8-9-19(25-29)21-17(18)12-20(24-21)22(28)26-35(32,33)16-7-3-5-14(11-16)27(30)31/h2-12,23-24H,1H3,(H,26,28). The molecule has 0 spiro atoms. The van der Waals surface area contributed by atoms with Gasteiger partial charge >= 0.3 is 0 Å². The zero-order chi connectivity index (χ0) is 25.2. The van der Waals surface area contributed by atoms with Gasteiger partial charge in [0, 0.05) is 35.0 Å². The van der Waals surface area contributed by atoms with Gasteiger partial charge in [0.25, 0.3) is 21.6 Å². The number of nitroso groups, excluding NO2 is 1. The first kappa shape index (κ1) is 23.4. The monoisotopic (exact) mass is 495 g/mol. The molecule has 3 aromatic carbocycles. The Bertz CT molecular complexity index is 1580. The number of amides is 1. The number of benzene rings is 3. The Morgan fingerprint density at radius 1 is 1.09 bits per heavy atom. The third-order valence-electron chi connectivity index (χ3n) is 5.03. The van der Waals surface area contributed by atoms with E-state index in [4.69, 9.17) is 4.74 Å². The van der Waals surface area contributed by atoms with Gasteiger partial charge in [0.15, 0.2) is 0 Å². The largest absolute Gasteiger partial charge is 0.497 e. The van der Waals surface area contributed by atoms with Crippen molar-refractivity contribution in [3.05, 3.63) is 87.4 Å². The average Bonchev–Trinajstić information content (AvgIpc) is 3.30. The Morgan fingerprint density at radius 2 is 1.86 bits per heavy atom. The highest BCUT2D eigenvalue weighted by atomic mass is 32.2. The molecule has 4 aromatic rings. The number of rotatable bonds is 8. The number of hydrogen-bond acceptors (Lipinski definition) is 9. The van der Waals surface area contributed by atoms with E-state index in [1.165, 1.54) is 25.3 Å². The van der Waals surface area contributed by atoms with Gasteiger partial charge in [-0.15, -0.1) is 4.91 Å². The van der Waals surface area contributed by atoms with Gasteiger partial charge in [0.1, 0.15) is 17.1 Å². The van der Waals surface area contributed by atoms with Crippen LogP contribution in [-0.4, -0.2) is 31.3 Å². The second kappa shape index (κ2) is 9.23. The maximum atomic E-state index is 12.8. The zero-order valence-electron chi connectivity index (χ0n) is 18.0. The van der Waals surface area contributed by atoms with Gasteiger partial charge < -0.3 is 15.0 Å². The summed E-state index contributed by atoms with van der Waals surface area (Å²) in [6, 6.07) is 15.7. The lowest BCUT2D eigenvalue weighted by atomic mass is 10.1. The molecule has 12 nitrogen and oxygen atoms in total. The molecule has 0 atom stereocenters. The molecule has 0 unspecified atom stereocenters. The van der Waals surface area contributed by atoms with E-state index in [9.17, 15) is 28.2 Å². The number of nitro groups is 1. The number of nitro benzene ring substituents is 1. The third kappa shape index (κ3) is 4.79. The molecule has 0 aliphatic heterocycles. The molecule has 1 aromatic heterocycles. The number of nitrogens with zero attached hydrogens (tertiary/aromatic N) is 2.